The quantitative estimate of drug-likeness (QED) is 0.912. The van der Waals surface area contributed by atoms with Crippen molar-refractivity contribution in [2.24, 2.45) is 12.8 Å². The zero-order chi connectivity index (χ0) is 14.4. The van der Waals surface area contributed by atoms with Gasteiger partial charge in [-0.05, 0) is 32.0 Å². The van der Waals surface area contributed by atoms with Crippen molar-refractivity contribution in [3.63, 3.8) is 0 Å². The molecule has 0 aliphatic rings. The Kier molecular flexibility index (Phi) is 3.09. The molecule has 1 heterocycles. The molecule has 2 aromatic rings. The molecule has 0 aliphatic heterocycles. The maximum Gasteiger partial charge on any atom is 0.416 e. The first-order chi connectivity index (χ1) is 8.58. The predicted octanol–water partition coefficient (Wildman–Crippen LogP) is 2.87. The van der Waals surface area contributed by atoms with Crippen LogP contribution in [0.1, 0.15) is 25.2 Å². The van der Waals surface area contributed by atoms with Gasteiger partial charge in [0.1, 0.15) is 5.82 Å². The van der Waals surface area contributed by atoms with Gasteiger partial charge in [-0.3, -0.25) is 0 Å². The molecule has 104 valence electrons. The van der Waals surface area contributed by atoms with Gasteiger partial charge >= 0.3 is 6.18 Å². The summed E-state index contributed by atoms with van der Waals surface area (Å²) in [6.07, 6.45) is -3.85. The van der Waals surface area contributed by atoms with Gasteiger partial charge in [-0.2, -0.15) is 13.2 Å². The van der Waals surface area contributed by atoms with Crippen LogP contribution in [0, 0.1) is 0 Å². The fourth-order valence-electron chi connectivity index (χ4n) is 1.99. The normalized spacial score (nSPS) is 13.2. The minimum absolute atomic E-state index is 0.344. The van der Waals surface area contributed by atoms with E-state index < -0.39 is 17.3 Å². The van der Waals surface area contributed by atoms with E-state index in [1.165, 1.54) is 6.07 Å². The molecule has 2 N–H and O–H groups in total. The van der Waals surface area contributed by atoms with Crippen LogP contribution in [0.25, 0.3) is 11.0 Å². The van der Waals surface area contributed by atoms with E-state index in [-0.39, 0.29) is 0 Å². The summed E-state index contributed by atoms with van der Waals surface area (Å²) in [6, 6.07) is 3.59. The van der Waals surface area contributed by atoms with Gasteiger partial charge in [-0.25, -0.2) is 4.98 Å². The lowest BCUT2D eigenvalue weighted by atomic mass is 10.0. The van der Waals surface area contributed by atoms with Crippen LogP contribution in [0.2, 0.25) is 0 Å². The average molecular weight is 271 g/mol. The Balaban J connectivity index is 2.51. The number of halogens is 3. The number of rotatable bonds is 2. The number of nitrogens with zero attached hydrogens (tertiary/aromatic N) is 2. The van der Waals surface area contributed by atoms with E-state index in [9.17, 15) is 13.2 Å². The van der Waals surface area contributed by atoms with Crippen LogP contribution in [0.4, 0.5) is 13.2 Å². The topological polar surface area (TPSA) is 43.8 Å². The summed E-state index contributed by atoms with van der Waals surface area (Å²) in [6.45, 7) is 3.71. The Hall–Kier alpha value is -1.56. The molecule has 0 bridgehead atoms. The molecule has 0 aliphatic carbocycles. The molecule has 0 fully saturated rings. The number of fused-ring (bicyclic) bond motifs is 1. The molecule has 0 amide bonds. The molecule has 0 radical (unpaired) electrons. The van der Waals surface area contributed by atoms with E-state index in [0.717, 1.165) is 12.1 Å². The number of imidazole rings is 1. The van der Waals surface area contributed by atoms with Crippen LogP contribution in [0.5, 0.6) is 0 Å². The van der Waals surface area contributed by atoms with Gasteiger partial charge in [0, 0.05) is 19.0 Å². The number of alkyl halides is 3. The number of benzene rings is 1. The van der Waals surface area contributed by atoms with E-state index in [2.05, 4.69) is 4.98 Å². The van der Waals surface area contributed by atoms with Crippen molar-refractivity contribution in [1.82, 2.24) is 9.55 Å². The molecule has 3 nitrogen and oxygen atoms in total. The van der Waals surface area contributed by atoms with E-state index >= 15 is 0 Å². The van der Waals surface area contributed by atoms with E-state index in [4.69, 9.17) is 5.73 Å². The molecule has 0 saturated heterocycles. The van der Waals surface area contributed by atoms with Gasteiger partial charge < -0.3 is 10.3 Å². The van der Waals surface area contributed by atoms with Crippen LogP contribution in [-0.2, 0) is 19.6 Å². The fourth-order valence-corrected chi connectivity index (χ4v) is 1.99. The summed E-state index contributed by atoms with van der Waals surface area (Å²) in [5.41, 5.74) is 5.80. The second kappa shape index (κ2) is 4.23. The van der Waals surface area contributed by atoms with Crippen LogP contribution in [0.3, 0.4) is 0 Å². The van der Waals surface area contributed by atoms with Crippen LogP contribution >= 0.6 is 0 Å². The van der Waals surface area contributed by atoms with Crippen LogP contribution in [-0.4, -0.2) is 15.1 Å². The highest BCUT2D eigenvalue weighted by Crippen LogP contribution is 2.31. The summed E-state index contributed by atoms with van der Waals surface area (Å²) < 4.78 is 39.7. The molecule has 0 unspecified atom stereocenters. The largest absolute Gasteiger partial charge is 0.416 e. The summed E-state index contributed by atoms with van der Waals surface area (Å²) in [4.78, 5) is 4.25. The van der Waals surface area contributed by atoms with Crippen molar-refractivity contribution in [3.8, 4) is 0 Å². The van der Waals surface area contributed by atoms with E-state index in [1.54, 1.807) is 11.6 Å². The summed E-state index contributed by atoms with van der Waals surface area (Å²) >= 11 is 0. The first kappa shape index (κ1) is 13.9. The third kappa shape index (κ3) is 2.89. The smallest absolute Gasteiger partial charge is 0.331 e. The summed E-state index contributed by atoms with van der Waals surface area (Å²) in [7, 11) is 1.78. The standard InChI is InChI=1S/C13H16F3N3/c1-12(2,17)7-11-18-9-6-8(13(14,15)16)4-5-10(9)19(11)3/h4-6H,7,17H2,1-3H3. The van der Waals surface area contributed by atoms with E-state index in [0.29, 0.717) is 23.3 Å². The molecule has 1 aromatic carbocycles. The molecule has 6 heteroatoms. The second-order valence-corrected chi connectivity index (χ2v) is 5.45. The molecular formula is C13H16F3N3. The predicted molar refractivity (Wildman–Crippen MR) is 67.7 cm³/mol. The molecule has 19 heavy (non-hydrogen) atoms. The van der Waals surface area contributed by atoms with Gasteiger partial charge in [0.2, 0.25) is 0 Å². The Morgan fingerprint density at radius 2 is 1.89 bits per heavy atom. The molecule has 0 atom stereocenters. The number of aromatic nitrogens is 2. The minimum atomic E-state index is -4.35. The lowest BCUT2D eigenvalue weighted by molar-refractivity contribution is -0.137. The Morgan fingerprint density at radius 3 is 2.42 bits per heavy atom. The fraction of sp³-hybridized carbons (Fsp3) is 0.462. The van der Waals surface area contributed by atoms with Crippen LogP contribution in [0.15, 0.2) is 18.2 Å². The Bertz CT molecular complexity index is 606. The highest BCUT2D eigenvalue weighted by Gasteiger charge is 2.31. The maximum absolute atomic E-state index is 12.6. The SMILES string of the molecule is Cn1c(CC(C)(C)N)nc2cc(C(F)(F)F)ccc21. The van der Waals surface area contributed by atoms with Gasteiger partial charge in [0.05, 0.1) is 16.6 Å². The number of hydrogen-bond acceptors (Lipinski definition) is 2. The third-order valence-corrected chi connectivity index (χ3v) is 2.91. The van der Waals surface area contributed by atoms with Crippen molar-refractivity contribution in [3.05, 3.63) is 29.6 Å². The monoisotopic (exact) mass is 271 g/mol. The second-order valence-electron chi connectivity index (χ2n) is 5.45. The Labute approximate surface area is 109 Å². The lowest BCUT2D eigenvalue weighted by Gasteiger charge is -2.17. The van der Waals surface area contributed by atoms with Crippen molar-refractivity contribution in [1.29, 1.82) is 0 Å². The first-order valence-electron chi connectivity index (χ1n) is 5.89. The molecule has 0 saturated carbocycles. The van der Waals surface area contributed by atoms with Gasteiger partial charge in [0.25, 0.3) is 0 Å². The minimum Gasteiger partial charge on any atom is -0.331 e. The highest BCUT2D eigenvalue weighted by molar-refractivity contribution is 5.77. The van der Waals surface area contributed by atoms with Crippen molar-refractivity contribution in [2.45, 2.75) is 32.0 Å². The summed E-state index contributed by atoms with van der Waals surface area (Å²) in [5.74, 6) is 0.682. The highest BCUT2D eigenvalue weighted by atomic mass is 19.4. The molecular weight excluding hydrogens is 255 g/mol. The van der Waals surface area contributed by atoms with Gasteiger partial charge in [-0.15, -0.1) is 0 Å². The number of hydrogen-bond donors (Lipinski definition) is 1. The first-order valence-corrected chi connectivity index (χ1v) is 5.89. The number of aryl methyl sites for hydroxylation is 1. The lowest BCUT2D eigenvalue weighted by Crippen LogP contribution is -2.35. The molecule has 1 aromatic heterocycles. The molecule has 0 spiro atoms. The van der Waals surface area contributed by atoms with Gasteiger partial charge in [0.15, 0.2) is 0 Å². The van der Waals surface area contributed by atoms with E-state index in [1.807, 2.05) is 13.8 Å². The van der Waals surface area contributed by atoms with Crippen molar-refractivity contribution < 1.29 is 13.2 Å². The number of nitrogens with two attached hydrogens (primary N) is 1. The Morgan fingerprint density at radius 1 is 1.26 bits per heavy atom. The zero-order valence-corrected chi connectivity index (χ0v) is 11.0. The van der Waals surface area contributed by atoms with Gasteiger partial charge in [-0.1, -0.05) is 0 Å². The summed E-state index contributed by atoms with van der Waals surface area (Å²) in [5, 5.41) is 0. The molecule has 2 rings (SSSR count). The maximum atomic E-state index is 12.6. The average Bonchev–Trinajstić information content (AvgIpc) is 2.52. The zero-order valence-electron chi connectivity index (χ0n) is 11.0. The van der Waals surface area contributed by atoms with Crippen LogP contribution < -0.4 is 5.73 Å². The van der Waals surface area contributed by atoms with Crippen molar-refractivity contribution in [2.75, 3.05) is 0 Å². The third-order valence-electron chi connectivity index (χ3n) is 2.91. The van der Waals surface area contributed by atoms with Crippen molar-refractivity contribution >= 4 is 11.0 Å².